The molecule has 1 atom stereocenters. The minimum atomic E-state index is -1.15. The molecule has 1 unspecified atom stereocenters. The molecular formula is C32H39N5O4. The molecule has 0 spiro atoms. The molecule has 9 heteroatoms. The standard InChI is InChI=1S/C32H39N5O4/c1-21(2)19-41-29(31(38)39)28-22(3)33-26-18-25(35-37(26)30(28)36-16-14-32(4,5)15-17-36)24-12-9-13-27(34-24)40-20-23-10-7-6-8-11-23/h6-13,18,21,29H,14-17,19-20H2,1-5H3,(H,38,39). The smallest absolute Gasteiger partial charge is 0.337 e. The number of carboxylic acid groups (broad SMARTS) is 1. The van der Waals surface area contributed by atoms with Gasteiger partial charge < -0.3 is 19.5 Å². The van der Waals surface area contributed by atoms with Gasteiger partial charge >= 0.3 is 5.97 Å². The molecule has 3 aromatic heterocycles. The number of ether oxygens (including phenoxy) is 2. The number of hydrogen-bond donors (Lipinski definition) is 1. The fourth-order valence-electron chi connectivity index (χ4n) is 5.11. The van der Waals surface area contributed by atoms with Crippen molar-refractivity contribution in [1.29, 1.82) is 0 Å². The fraction of sp³-hybridized carbons (Fsp3) is 0.438. The van der Waals surface area contributed by atoms with Gasteiger partial charge in [-0.1, -0.05) is 64.1 Å². The molecule has 0 saturated carbocycles. The minimum Gasteiger partial charge on any atom is -0.479 e. The van der Waals surface area contributed by atoms with E-state index >= 15 is 0 Å². The van der Waals surface area contributed by atoms with E-state index in [1.807, 2.05) is 75.4 Å². The third kappa shape index (κ3) is 6.51. The highest BCUT2D eigenvalue weighted by molar-refractivity contribution is 5.78. The summed E-state index contributed by atoms with van der Waals surface area (Å²) in [6.07, 6.45) is 0.812. The number of rotatable bonds is 10. The Bertz CT molecular complexity index is 1510. The Labute approximate surface area is 241 Å². The lowest BCUT2D eigenvalue weighted by Gasteiger charge is -2.39. The molecule has 1 saturated heterocycles. The quantitative estimate of drug-likeness (QED) is 0.249. The number of aromatic nitrogens is 4. The topological polar surface area (TPSA) is 102 Å². The highest BCUT2D eigenvalue weighted by Crippen LogP contribution is 2.38. The fourth-order valence-corrected chi connectivity index (χ4v) is 5.11. The number of aryl methyl sites for hydroxylation is 1. The van der Waals surface area contributed by atoms with Crippen LogP contribution in [-0.2, 0) is 16.1 Å². The van der Waals surface area contributed by atoms with Crippen LogP contribution in [0.15, 0.2) is 54.6 Å². The second kappa shape index (κ2) is 11.9. The summed E-state index contributed by atoms with van der Waals surface area (Å²) in [5.41, 5.74) is 4.36. The molecule has 1 fully saturated rings. The lowest BCUT2D eigenvalue weighted by atomic mass is 9.82. The van der Waals surface area contributed by atoms with Crippen LogP contribution >= 0.6 is 0 Å². The van der Waals surface area contributed by atoms with Gasteiger partial charge in [-0.3, -0.25) is 0 Å². The van der Waals surface area contributed by atoms with E-state index in [1.165, 1.54) is 0 Å². The zero-order chi connectivity index (χ0) is 29.1. The van der Waals surface area contributed by atoms with Crippen molar-refractivity contribution in [3.63, 3.8) is 0 Å². The maximum absolute atomic E-state index is 12.5. The first-order chi connectivity index (χ1) is 19.6. The van der Waals surface area contributed by atoms with Crippen LogP contribution in [0.2, 0.25) is 0 Å². The van der Waals surface area contributed by atoms with E-state index in [1.54, 1.807) is 4.52 Å². The zero-order valence-corrected chi connectivity index (χ0v) is 24.5. The molecule has 0 bridgehead atoms. The largest absolute Gasteiger partial charge is 0.479 e. The molecular weight excluding hydrogens is 518 g/mol. The molecule has 0 aliphatic carbocycles. The molecule has 41 heavy (non-hydrogen) atoms. The number of anilines is 1. The van der Waals surface area contributed by atoms with Crippen molar-refractivity contribution in [3.05, 3.63) is 71.4 Å². The zero-order valence-electron chi connectivity index (χ0n) is 24.5. The molecule has 1 aromatic carbocycles. The molecule has 4 aromatic rings. The minimum absolute atomic E-state index is 0.187. The van der Waals surface area contributed by atoms with Crippen molar-refractivity contribution in [1.82, 2.24) is 19.6 Å². The number of carboxylic acids is 1. The van der Waals surface area contributed by atoms with Gasteiger partial charge in [0.2, 0.25) is 5.88 Å². The molecule has 1 N–H and O–H groups in total. The number of hydrogen-bond acceptors (Lipinski definition) is 7. The van der Waals surface area contributed by atoms with Gasteiger partial charge in [-0.05, 0) is 42.7 Å². The van der Waals surface area contributed by atoms with E-state index < -0.39 is 12.1 Å². The Hall–Kier alpha value is -3.98. The second-order valence-corrected chi connectivity index (χ2v) is 12.0. The molecule has 1 aliphatic rings. The third-order valence-corrected chi connectivity index (χ3v) is 7.52. The van der Waals surface area contributed by atoms with Gasteiger partial charge in [0.1, 0.15) is 18.1 Å². The van der Waals surface area contributed by atoms with Crippen molar-refractivity contribution in [2.24, 2.45) is 11.3 Å². The van der Waals surface area contributed by atoms with E-state index in [-0.39, 0.29) is 11.3 Å². The van der Waals surface area contributed by atoms with Crippen molar-refractivity contribution < 1.29 is 19.4 Å². The third-order valence-electron chi connectivity index (χ3n) is 7.52. The summed E-state index contributed by atoms with van der Waals surface area (Å²) in [6, 6.07) is 17.4. The number of aliphatic carboxylic acids is 1. The average Bonchev–Trinajstić information content (AvgIpc) is 3.36. The average molecular weight is 558 g/mol. The predicted octanol–water partition coefficient (Wildman–Crippen LogP) is 6.10. The number of fused-ring (bicyclic) bond motifs is 1. The highest BCUT2D eigenvalue weighted by Gasteiger charge is 2.34. The van der Waals surface area contributed by atoms with Gasteiger partial charge in [-0.2, -0.15) is 9.61 Å². The van der Waals surface area contributed by atoms with E-state index in [0.29, 0.717) is 47.4 Å². The summed E-state index contributed by atoms with van der Waals surface area (Å²) in [5.74, 6) is 0.374. The Morgan fingerprint density at radius 1 is 1.02 bits per heavy atom. The number of nitrogens with zero attached hydrogens (tertiary/aromatic N) is 5. The van der Waals surface area contributed by atoms with E-state index in [9.17, 15) is 9.90 Å². The van der Waals surface area contributed by atoms with E-state index in [2.05, 4.69) is 18.7 Å². The van der Waals surface area contributed by atoms with Gasteiger partial charge in [-0.25, -0.2) is 14.8 Å². The summed E-state index contributed by atoms with van der Waals surface area (Å²) >= 11 is 0. The van der Waals surface area contributed by atoms with Gasteiger partial charge in [0, 0.05) is 30.9 Å². The first-order valence-corrected chi connectivity index (χ1v) is 14.2. The molecule has 1 aliphatic heterocycles. The summed E-state index contributed by atoms with van der Waals surface area (Å²) < 4.78 is 13.7. The van der Waals surface area contributed by atoms with Crippen LogP contribution in [0.4, 0.5) is 5.82 Å². The first kappa shape index (κ1) is 28.5. The Morgan fingerprint density at radius 2 is 1.76 bits per heavy atom. The number of benzene rings is 1. The van der Waals surface area contributed by atoms with Gasteiger partial charge in [0.25, 0.3) is 0 Å². The molecule has 0 radical (unpaired) electrons. The van der Waals surface area contributed by atoms with Crippen LogP contribution in [-0.4, -0.2) is 50.4 Å². The van der Waals surface area contributed by atoms with Crippen LogP contribution in [0.5, 0.6) is 5.88 Å². The first-order valence-electron chi connectivity index (χ1n) is 14.2. The number of piperidine rings is 1. The Balaban J connectivity index is 1.56. The summed E-state index contributed by atoms with van der Waals surface area (Å²) in [6.45, 7) is 12.7. The summed E-state index contributed by atoms with van der Waals surface area (Å²) in [5, 5.41) is 15.2. The normalized spacial score (nSPS) is 15.8. The van der Waals surface area contributed by atoms with Crippen molar-refractivity contribution in [2.75, 3.05) is 24.6 Å². The monoisotopic (exact) mass is 557 g/mol. The maximum atomic E-state index is 12.5. The predicted molar refractivity (Wildman–Crippen MR) is 158 cm³/mol. The molecule has 9 nitrogen and oxygen atoms in total. The lowest BCUT2D eigenvalue weighted by Crippen LogP contribution is -2.39. The van der Waals surface area contributed by atoms with Gasteiger partial charge in [0.05, 0.1) is 17.9 Å². The summed E-state index contributed by atoms with van der Waals surface area (Å²) in [7, 11) is 0. The van der Waals surface area contributed by atoms with Crippen molar-refractivity contribution in [3.8, 4) is 17.3 Å². The Kier molecular flexibility index (Phi) is 8.26. The van der Waals surface area contributed by atoms with Gasteiger partial charge in [0.15, 0.2) is 11.8 Å². The second-order valence-electron chi connectivity index (χ2n) is 12.0. The summed E-state index contributed by atoms with van der Waals surface area (Å²) in [4.78, 5) is 24.3. The maximum Gasteiger partial charge on any atom is 0.337 e. The van der Waals surface area contributed by atoms with E-state index in [0.717, 1.165) is 37.3 Å². The Morgan fingerprint density at radius 3 is 2.44 bits per heavy atom. The molecule has 216 valence electrons. The number of pyridine rings is 1. The molecule has 4 heterocycles. The van der Waals surface area contributed by atoms with Crippen LogP contribution in [0.3, 0.4) is 0 Å². The number of carbonyl (C=O) groups is 1. The highest BCUT2D eigenvalue weighted by atomic mass is 16.5. The SMILES string of the molecule is Cc1nc2cc(-c3cccc(OCc4ccccc4)n3)nn2c(N2CCC(C)(C)CC2)c1C(OCC(C)C)C(=O)O. The van der Waals surface area contributed by atoms with Gasteiger partial charge in [-0.15, -0.1) is 0 Å². The van der Waals surface area contributed by atoms with Crippen LogP contribution < -0.4 is 9.64 Å². The van der Waals surface area contributed by atoms with Crippen LogP contribution in [0, 0.1) is 18.3 Å². The van der Waals surface area contributed by atoms with Crippen molar-refractivity contribution >= 4 is 17.4 Å². The van der Waals surface area contributed by atoms with E-state index in [4.69, 9.17) is 24.5 Å². The van der Waals surface area contributed by atoms with Crippen molar-refractivity contribution in [2.45, 2.75) is 60.2 Å². The molecule has 0 amide bonds. The lowest BCUT2D eigenvalue weighted by molar-refractivity contribution is -0.151. The van der Waals surface area contributed by atoms with Crippen LogP contribution in [0.25, 0.3) is 17.0 Å². The van der Waals surface area contributed by atoms with Crippen LogP contribution in [0.1, 0.15) is 63.5 Å². The molecule has 5 rings (SSSR count).